The van der Waals surface area contributed by atoms with Crippen molar-refractivity contribution in [3.8, 4) is 0 Å². The number of halogens is 4. The molecule has 3 aliphatic rings. The molecule has 1 saturated carbocycles. The number of alkyl halides is 4. The molecule has 15 heteroatoms. The van der Waals surface area contributed by atoms with E-state index in [2.05, 4.69) is 20.6 Å². The molecular weight excluding hydrogens is 594 g/mol. The normalized spacial score (nSPS) is 23.8. The maximum absolute atomic E-state index is 14.3. The van der Waals surface area contributed by atoms with Gasteiger partial charge < -0.3 is 20.1 Å². The quantitative estimate of drug-likeness (QED) is 0.306. The maximum Gasteiger partial charge on any atom is 0.295 e. The van der Waals surface area contributed by atoms with Crippen LogP contribution in [-0.4, -0.2) is 60.9 Å². The van der Waals surface area contributed by atoms with Gasteiger partial charge in [0.15, 0.2) is 21.3 Å². The van der Waals surface area contributed by atoms with Gasteiger partial charge in [0.25, 0.3) is 12.3 Å². The number of hydrogen-bond donors (Lipinski definition) is 2. The number of benzene rings is 1. The van der Waals surface area contributed by atoms with Gasteiger partial charge in [-0.05, 0) is 49.8 Å². The summed E-state index contributed by atoms with van der Waals surface area (Å²) in [7, 11) is -3.78. The number of fused-ring (bicyclic) bond motifs is 1. The molecule has 2 saturated heterocycles. The third-order valence-corrected chi connectivity index (χ3v) is 9.15. The summed E-state index contributed by atoms with van der Waals surface area (Å²) >= 11 is 0. The summed E-state index contributed by atoms with van der Waals surface area (Å²) in [5.41, 5.74) is 0.884. The van der Waals surface area contributed by atoms with Gasteiger partial charge in [0.2, 0.25) is 5.91 Å². The first-order chi connectivity index (χ1) is 20.4. The molecule has 2 aliphatic heterocycles. The second kappa shape index (κ2) is 11.3. The van der Waals surface area contributed by atoms with Crippen molar-refractivity contribution in [2.75, 3.05) is 36.7 Å². The predicted molar refractivity (Wildman–Crippen MR) is 149 cm³/mol. The topological polar surface area (TPSA) is 124 Å². The molecule has 6 rings (SSSR count). The first kappa shape index (κ1) is 29.8. The highest BCUT2D eigenvalue weighted by molar-refractivity contribution is 7.90. The van der Waals surface area contributed by atoms with Crippen molar-refractivity contribution in [3.63, 3.8) is 0 Å². The molecule has 2 aromatic heterocycles. The van der Waals surface area contributed by atoms with Gasteiger partial charge in [-0.25, -0.2) is 35.9 Å². The first-order valence-electron chi connectivity index (χ1n) is 14.1. The van der Waals surface area contributed by atoms with Crippen molar-refractivity contribution in [1.82, 2.24) is 14.5 Å². The summed E-state index contributed by atoms with van der Waals surface area (Å²) in [6, 6.07) is 6.17. The largest absolute Gasteiger partial charge is 0.381 e. The fourth-order valence-electron chi connectivity index (χ4n) is 5.67. The van der Waals surface area contributed by atoms with Crippen LogP contribution in [0.1, 0.15) is 68.5 Å². The van der Waals surface area contributed by atoms with Crippen LogP contribution >= 0.6 is 0 Å². The third kappa shape index (κ3) is 6.07. The second-order valence-corrected chi connectivity index (χ2v) is 13.2. The lowest BCUT2D eigenvalue weighted by atomic mass is 9.93. The Morgan fingerprint density at radius 1 is 1.09 bits per heavy atom. The third-order valence-electron chi connectivity index (χ3n) is 8.01. The lowest BCUT2D eigenvalue weighted by Gasteiger charge is -2.25. The number of aromatic nitrogens is 3. The Balaban J connectivity index is 1.46. The van der Waals surface area contributed by atoms with E-state index in [-0.39, 0.29) is 39.2 Å². The van der Waals surface area contributed by atoms with E-state index >= 15 is 0 Å². The Kier molecular flexibility index (Phi) is 7.84. The number of sulfone groups is 1. The van der Waals surface area contributed by atoms with Crippen molar-refractivity contribution in [2.45, 2.75) is 67.9 Å². The summed E-state index contributed by atoms with van der Waals surface area (Å²) in [4.78, 5) is 21.0. The van der Waals surface area contributed by atoms with Crippen LogP contribution in [0.4, 0.5) is 34.8 Å². The van der Waals surface area contributed by atoms with Gasteiger partial charge in [0, 0.05) is 37.9 Å². The van der Waals surface area contributed by atoms with Gasteiger partial charge in [-0.1, -0.05) is 6.07 Å². The molecule has 43 heavy (non-hydrogen) atoms. The molecule has 0 bridgehead atoms. The van der Waals surface area contributed by atoms with Crippen molar-refractivity contribution in [2.24, 2.45) is 5.92 Å². The van der Waals surface area contributed by atoms with Crippen LogP contribution in [0.2, 0.25) is 0 Å². The minimum atomic E-state index is -3.78. The van der Waals surface area contributed by atoms with E-state index < -0.39 is 52.5 Å². The van der Waals surface area contributed by atoms with E-state index in [0.717, 1.165) is 35.6 Å². The average Bonchev–Trinajstić information content (AvgIpc) is 3.44. The van der Waals surface area contributed by atoms with Gasteiger partial charge in [0.05, 0.1) is 22.9 Å². The molecule has 3 aromatic rings. The standard InChI is InChI=1S/C28H31F4N5O5S/c1-43(39,40)20-11-15(16-5-4-9-41-14-16)7-8-18(20)33-19-12-21(35-27(38)17-13-28(17,31)32)34-25-23(19)36-26(24(29)30)37(25)22-6-2-3-10-42-22/h7-8,11-12,16-17,22,24H,2-6,9-10,13-14H2,1H3,(H2,33,34,35,38)/t16-,17?,22?/m1/s1. The molecule has 232 valence electrons. The summed E-state index contributed by atoms with van der Waals surface area (Å²) in [6.45, 7) is 1.44. The predicted octanol–water partition coefficient (Wildman–Crippen LogP) is 5.70. The van der Waals surface area contributed by atoms with Crippen molar-refractivity contribution in [1.29, 1.82) is 0 Å². The van der Waals surface area contributed by atoms with Crippen molar-refractivity contribution >= 4 is 44.1 Å². The number of carbonyl (C=O) groups is 1. The maximum atomic E-state index is 14.3. The number of amides is 1. The molecule has 2 unspecified atom stereocenters. The highest BCUT2D eigenvalue weighted by Gasteiger charge is 2.61. The number of carbonyl (C=O) groups excluding carboxylic acids is 1. The summed E-state index contributed by atoms with van der Waals surface area (Å²) in [5, 5.41) is 5.37. The molecule has 1 aromatic carbocycles. The van der Waals surface area contributed by atoms with Crippen LogP contribution in [0.3, 0.4) is 0 Å². The molecule has 1 aliphatic carbocycles. The molecule has 4 heterocycles. The summed E-state index contributed by atoms with van der Waals surface area (Å²) in [5.74, 6) is -6.42. The van der Waals surface area contributed by atoms with Gasteiger partial charge >= 0.3 is 0 Å². The van der Waals surface area contributed by atoms with Crippen LogP contribution in [0.15, 0.2) is 29.2 Å². The lowest BCUT2D eigenvalue weighted by Crippen LogP contribution is -2.21. The fraction of sp³-hybridized carbons (Fsp3) is 0.536. The molecule has 1 amide bonds. The number of anilines is 3. The zero-order valence-electron chi connectivity index (χ0n) is 23.3. The van der Waals surface area contributed by atoms with Crippen LogP contribution in [0.25, 0.3) is 11.2 Å². The number of rotatable bonds is 8. The number of ether oxygens (including phenoxy) is 2. The summed E-state index contributed by atoms with van der Waals surface area (Å²) < 4.78 is 94.1. The number of imidazole rings is 1. The number of pyridine rings is 1. The highest BCUT2D eigenvalue weighted by atomic mass is 32.2. The molecule has 0 radical (unpaired) electrons. The number of nitrogens with one attached hydrogen (secondary N) is 2. The fourth-order valence-corrected chi connectivity index (χ4v) is 6.54. The van der Waals surface area contributed by atoms with Gasteiger partial charge in [-0.3, -0.25) is 9.36 Å². The van der Waals surface area contributed by atoms with E-state index in [1.165, 1.54) is 6.07 Å². The van der Waals surface area contributed by atoms with Crippen LogP contribution in [0.5, 0.6) is 0 Å². The Morgan fingerprint density at radius 3 is 2.51 bits per heavy atom. The SMILES string of the molecule is CS(=O)(=O)c1cc([C@@H]2CCCOC2)ccc1Nc1cc(NC(=O)C2CC2(F)F)nc2c1nc(C(F)F)n2C1CCCCO1. The Morgan fingerprint density at radius 2 is 1.88 bits per heavy atom. The molecule has 10 nitrogen and oxygen atoms in total. The molecule has 0 spiro atoms. The molecular formula is C28H31F4N5O5S. The Bertz CT molecular complexity index is 1650. The average molecular weight is 626 g/mol. The van der Waals surface area contributed by atoms with E-state index in [0.29, 0.717) is 32.7 Å². The van der Waals surface area contributed by atoms with Gasteiger partial charge in [-0.2, -0.15) is 0 Å². The van der Waals surface area contributed by atoms with Crippen LogP contribution < -0.4 is 10.6 Å². The van der Waals surface area contributed by atoms with E-state index in [1.54, 1.807) is 18.2 Å². The highest BCUT2D eigenvalue weighted by Crippen LogP contribution is 2.49. The molecule has 2 N–H and O–H groups in total. The monoisotopic (exact) mass is 625 g/mol. The molecule has 3 fully saturated rings. The molecule has 3 atom stereocenters. The zero-order chi connectivity index (χ0) is 30.5. The van der Waals surface area contributed by atoms with Gasteiger partial charge in [-0.15, -0.1) is 0 Å². The minimum absolute atomic E-state index is 0.0121. The minimum Gasteiger partial charge on any atom is -0.381 e. The lowest BCUT2D eigenvalue weighted by molar-refractivity contribution is -0.119. The van der Waals surface area contributed by atoms with Gasteiger partial charge in [0.1, 0.15) is 23.5 Å². The number of nitrogens with zero attached hydrogens (tertiary/aromatic N) is 3. The van der Waals surface area contributed by atoms with Crippen molar-refractivity contribution in [3.05, 3.63) is 35.7 Å². The van der Waals surface area contributed by atoms with E-state index in [1.807, 2.05) is 0 Å². The van der Waals surface area contributed by atoms with Crippen LogP contribution in [0, 0.1) is 5.92 Å². The van der Waals surface area contributed by atoms with E-state index in [9.17, 15) is 30.8 Å². The second-order valence-electron chi connectivity index (χ2n) is 11.3. The van der Waals surface area contributed by atoms with E-state index in [4.69, 9.17) is 9.47 Å². The summed E-state index contributed by atoms with van der Waals surface area (Å²) in [6.07, 6.45) is 0.169. The van der Waals surface area contributed by atoms with Crippen molar-refractivity contribution < 1.29 is 40.2 Å². The first-order valence-corrected chi connectivity index (χ1v) is 16.0. The number of hydrogen-bond acceptors (Lipinski definition) is 8. The van der Waals surface area contributed by atoms with Crippen LogP contribution in [-0.2, 0) is 24.1 Å². The Hall–Kier alpha value is -3.30. The Labute approximate surface area is 245 Å². The smallest absolute Gasteiger partial charge is 0.295 e. The zero-order valence-corrected chi connectivity index (χ0v) is 24.1.